The summed E-state index contributed by atoms with van der Waals surface area (Å²) in [6, 6.07) is 12.1. The maximum Gasteiger partial charge on any atom is 0.373 e. The van der Waals surface area contributed by atoms with Crippen molar-refractivity contribution in [2.45, 2.75) is 13.8 Å². The second-order valence-electron chi connectivity index (χ2n) is 5.33. The number of para-hydroxylation sites is 1. The molecule has 24 heavy (non-hydrogen) atoms. The van der Waals surface area contributed by atoms with E-state index < -0.39 is 17.7 Å². The van der Waals surface area contributed by atoms with Crippen LogP contribution in [0.2, 0.25) is 0 Å². The van der Waals surface area contributed by atoms with Gasteiger partial charge in [0.2, 0.25) is 0 Å². The second kappa shape index (κ2) is 7.52. The Morgan fingerprint density at radius 3 is 2.00 bits per heavy atom. The van der Waals surface area contributed by atoms with Crippen LogP contribution in [0.25, 0.3) is 0 Å². The van der Waals surface area contributed by atoms with Crippen molar-refractivity contribution in [1.29, 1.82) is 0 Å². The van der Waals surface area contributed by atoms with Crippen molar-refractivity contribution in [3.8, 4) is 5.75 Å². The van der Waals surface area contributed by atoms with Crippen molar-refractivity contribution in [1.82, 2.24) is 0 Å². The summed E-state index contributed by atoms with van der Waals surface area (Å²) in [4.78, 5) is 39.9. The molecule has 2 aromatic carbocycles. The molecule has 0 saturated carbocycles. The second-order valence-corrected chi connectivity index (χ2v) is 5.33. The Bertz CT molecular complexity index is 779. The van der Waals surface area contributed by atoms with Crippen molar-refractivity contribution < 1.29 is 29.3 Å². The lowest BCUT2D eigenvalue weighted by Gasteiger charge is -2.12. The molecule has 0 heterocycles. The number of ketones is 1. The predicted octanol–water partition coefficient (Wildman–Crippen LogP) is 3.11. The van der Waals surface area contributed by atoms with E-state index in [2.05, 4.69) is 4.89 Å². The summed E-state index contributed by atoms with van der Waals surface area (Å²) in [5, 5.41) is 8.57. The number of ether oxygens (including phenoxy) is 1. The zero-order valence-corrected chi connectivity index (χ0v) is 13.2. The van der Waals surface area contributed by atoms with Gasteiger partial charge in [0.05, 0.1) is 17.0 Å². The van der Waals surface area contributed by atoms with E-state index in [0.717, 1.165) is 0 Å². The highest BCUT2D eigenvalue weighted by Gasteiger charge is 2.23. The van der Waals surface area contributed by atoms with Crippen molar-refractivity contribution in [3.05, 3.63) is 65.2 Å². The molecule has 2 aromatic rings. The van der Waals surface area contributed by atoms with Crippen LogP contribution in [0.15, 0.2) is 48.5 Å². The van der Waals surface area contributed by atoms with Crippen LogP contribution in [-0.4, -0.2) is 23.0 Å². The average molecular weight is 328 g/mol. The van der Waals surface area contributed by atoms with E-state index in [-0.39, 0.29) is 28.4 Å². The molecule has 6 nitrogen and oxygen atoms in total. The third kappa shape index (κ3) is 3.67. The van der Waals surface area contributed by atoms with Gasteiger partial charge >= 0.3 is 11.9 Å². The molecular weight excluding hydrogens is 312 g/mol. The van der Waals surface area contributed by atoms with Gasteiger partial charge < -0.3 is 4.74 Å². The number of carbonyl (C=O) groups is 3. The lowest BCUT2D eigenvalue weighted by molar-refractivity contribution is -0.182. The van der Waals surface area contributed by atoms with Crippen molar-refractivity contribution in [2.75, 3.05) is 0 Å². The summed E-state index contributed by atoms with van der Waals surface area (Å²) in [5.41, 5.74) is 0.0734. The molecule has 0 amide bonds. The molecule has 0 atom stereocenters. The molecule has 0 spiro atoms. The highest BCUT2D eigenvalue weighted by atomic mass is 17.1. The van der Waals surface area contributed by atoms with Gasteiger partial charge in [0, 0.05) is 5.56 Å². The first-order valence-corrected chi connectivity index (χ1v) is 7.26. The minimum absolute atomic E-state index is 0.0320. The monoisotopic (exact) mass is 328 g/mol. The maximum atomic E-state index is 12.8. The number of hydrogen-bond acceptors (Lipinski definition) is 6. The minimum Gasteiger partial charge on any atom is -0.426 e. The van der Waals surface area contributed by atoms with Crippen LogP contribution in [0.3, 0.4) is 0 Å². The maximum absolute atomic E-state index is 12.8. The Hall–Kier alpha value is -2.99. The van der Waals surface area contributed by atoms with Gasteiger partial charge in [-0.1, -0.05) is 44.2 Å². The highest BCUT2D eigenvalue weighted by Crippen LogP contribution is 2.24. The number of hydrogen-bond donors (Lipinski definition) is 1. The summed E-state index contributed by atoms with van der Waals surface area (Å²) in [7, 11) is 0. The van der Waals surface area contributed by atoms with Gasteiger partial charge in [0.25, 0.3) is 0 Å². The number of esters is 1. The van der Waals surface area contributed by atoms with Gasteiger partial charge in [-0.05, 0) is 18.2 Å². The van der Waals surface area contributed by atoms with Gasteiger partial charge in [-0.25, -0.2) is 4.79 Å². The zero-order chi connectivity index (χ0) is 17.7. The summed E-state index contributed by atoms with van der Waals surface area (Å²) in [6.07, 6.45) is 0. The molecule has 0 aliphatic carbocycles. The van der Waals surface area contributed by atoms with Crippen molar-refractivity contribution in [2.24, 2.45) is 5.92 Å². The molecule has 6 heteroatoms. The average Bonchev–Trinajstić information content (AvgIpc) is 2.60. The van der Waals surface area contributed by atoms with Gasteiger partial charge in [-0.15, -0.1) is 0 Å². The van der Waals surface area contributed by atoms with Crippen LogP contribution >= 0.6 is 0 Å². The first-order valence-electron chi connectivity index (χ1n) is 7.26. The molecule has 2 rings (SSSR count). The summed E-state index contributed by atoms with van der Waals surface area (Å²) in [6.45, 7) is 3.36. The molecule has 0 aliphatic rings. The Labute approximate surface area is 138 Å². The standard InChI is InChI=1S/C18H16O6/c1-11(2)17(20)23-15-10-6-5-9-14(15)16(19)12-7-3-4-8-13(12)18(21)24-22/h3-11,22H,1-2H3. The molecule has 124 valence electrons. The molecule has 1 N–H and O–H groups in total. The Kier molecular flexibility index (Phi) is 5.44. The van der Waals surface area contributed by atoms with Crippen molar-refractivity contribution >= 4 is 17.7 Å². The van der Waals surface area contributed by atoms with Crippen molar-refractivity contribution in [3.63, 3.8) is 0 Å². The fourth-order valence-corrected chi connectivity index (χ4v) is 2.02. The van der Waals surface area contributed by atoms with E-state index >= 15 is 0 Å². The van der Waals surface area contributed by atoms with E-state index in [4.69, 9.17) is 9.99 Å². The predicted molar refractivity (Wildman–Crippen MR) is 84.8 cm³/mol. The van der Waals surface area contributed by atoms with Crippen LogP contribution in [0, 0.1) is 5.92 Å². The molecule has 0 bridgehead atoms. The normalized spacial score (nSPS) is 10.3. The van der Waals surface area contributed by atoms with Gasteiger partial charge in [0.1, 0.15) is 5.75 Å². The molecule has 0 aliphatic heterocycles. The van der Waals surface area contributed by atoms with Crippen LogP contribution in [0.1, 0.15) is 40.1 Å². The smallest absolute Gasteiger partial charge is 0.373 e. The number of benzene rings is 2. The fourth-order valence-electron chi connectivity index (χ4n) is 2.02. The van der Waals surface area contributed by atoms with E-state index in [1.54, 1.807) is 32.0 Å². The third-order valence-corrected chi connectivity index (χ3v) is 3.29. The molecular formula is C18H16O6. The summed E-state index contributed by atoms with van der Waals surface area (Å²) < 4.78 is 5.25. The number of carbonyl (C=O) groups excluding carboxylic acids is 3. The Morgan fingerprint density at radius 1 is 0.875 bits per heavy atom. The third-order valence-electron chi connectivity index (χ3n) is 3.29. The van der Waals surface area contributed by atoms with Crippen LogP contribution in [0.4, 0.5) is 0 Å². The first-order chi connectivity index (χ1) is 11.5. The molecule has 0 radical (unpaired) electrons. The number of rotatable bonds is 5. The largest absolute Gasteiger partial charge is 0.426 e. The van der Waals surface area contributed by atoms with Crippen LogP contribution in [0.5, 0.6) is 5.75 Å². The van der Waals surface area contributed by atoms with Crippen LogP contribution in [-0.2, 0) is 9.68 Å². The highest BCUT2D eigenvalue weighted by molar-refractivity contribution is 6.15. The zero-order valence-electron chi connectivity index (χ0n) is 13.2. The summed E-state index contributed by atoms with van der Waals surface area (Å²) in [5.74, 6) is -2.30. The van der Waals surface area contributed by atoms with Crippen LogP contribution < -0.4 is 4.74 Å². The molecule has 0 saturated heterocycles. The Balaban J connectivity index is 2.45. The molecule has 0 unspecified atom stereocenters. The van der Waals surface area contributed by atoms with E-state index in [9.17, 15) is 14.4 Å². The SMILES string of the molecule is CC(C)C(=O)Oc1ccccc1C(=O)c1ccccc1C(=O)OO. The fraction of sp³-hybridized carbons (Fsp3) is 0.167. The van der Waals surface area contributed by atoms with E-state index in [1.807, 2.05) is 0 Å². The molecule has 0 fully saturated rings. The van der Waals surface area contributed by atoms with Gasteiger partial charge in [-0.3, -0.25) is 14.5 Å². The van der Waals surface area contributed by atoms with E-state index in [1.165, 1.54) is 30.3 Å². The van der Waals surface area contributed by atoms with Gasteiger partial charge in [-0.2, -0.15) is 5.26 Å². The lowest BCUT2D eigenvalue weighted by Crippen LogP contribution is -2.17. The molecule has 0 aromatic heterocycles. The quantitative estimate of drug-likeness (QED) is 0.298. The lowest BCUT2D eigenvalue weighted by atomic mass is 9.98. The Morgan fingerprint density at radius 2 is 1.42 bits per heavy atom. The van der Waals surface area contributed by atoms with Gasteiger partial charge in [0.15, 0.2) is 5.78 Å². The topological polar surface area (TPSA) is 89.9 Å². The minimum atomic E-state index is -1.05. The first kappa shape index (κ1) is 17.4. The van der Waals surface area contributed by atoms with E-state index in [0.29, 0.717) is 0 Å². The summed E-state index contributed by atoms with van der Waals surface area (Å²) >= 11 is 0.